The van der Waals surface area contributed by atoms with E-state index in [-0.39, 0.29) is 15.6 Å². The lowest BCUT2D eigenvalue weighted by Crippen LogP contribution is -2.33. The number of hydrogen-bond donors (Lipinski definition) is 1. The Morgan fingerprint density at radius 2 is 1.73 bits per heavy atom. The van der Waals surface area contributed by atoms with E-state index in [1.54, 1.807) is 0 Å². The van der Waals surface area contributed by atoms with Gasteiger partial charge >= 0.3 is 12.1 Å². The fraction of sp³-hybridized carbons (Fsp3) is 0.188. The highest BCUT2D eigenvalue weighted by Gasteiger charge is 2.32. The lowest BCUT2D eigenvalue weighted by molar-refractivity contribution is -0.138. The van der Waals surface area contributed by atoms with E-state index < -0.39 is 40.7 Å². The van der Waals surface area contributed by atoms with Gasteiger partial charge in [0.1, 0.15) is 0 Å². The molecule has 2 aromatic carbocycles. The summed E-state index contributed by atoms with van der Waals surface area (Å²) in [5, 5.41) is 9.12. The molecule has 0 heterocycles. The van der Waals surface area contributed by atoms with Gasteiger partial charge in [-0.15, -0.1) is 0 Å². The van der Waals surface area contributed by atoms with E-state index in [0.29, 0.717) is 10.4 Å². The zero-order valence-corrected chi connectivity index (χ0v) is 14.6. The maximum atomic E-state index is 12.9. The van der Waals surface area contributed by atoms with E-state index in [4.69, 9.17) is 16.7 Å². The van der Waals surface area contributed by atoms with Crippen LogP contribution in [0.5, 0.6) is 0 Å². The molecule has 0 unspecified atom stereocenters. The molecule has 0 bridgehead atoms. The van der Waals surface area contributed by atoms with Crippen LogP contribution in [0, 0.1) is 0 Å². The van der Waals surface area contributed by atoms with Gasteiger partial charge < -0.3 is 5.11 Å². The summed E-state index contributed by atoms with van der Waals surface area (Å²) in [4.78, 5) is 10.6. The molecule has 5 nitrogen and oxygen atoms in total. The lowest BCUT2D eigenvalue weighted by atomic mass is 10.2. The van der Waals surface area contributed by atoms with Crippen molar-refractivity contribution in [2.75, 3.05) is 10.8 Å². The molecular weight excluding hydrogens is 395 g/mol. The van der Waals surface area contributed by atoms with Gasteiger partial charge in [0.25, 0.3) is 10.0 Å². The monoisotopic (exact) mass is 407 g/mol. The predicted molar refractivity (Wildman–Crippen MR) is 89.7 cm³/mol. The smallest absolute Gasteiger partial charge is 0.416 e. The van der Waals surface area contributed by atoms with E-state index in [1.807, 2.05) is 0 Å². The average molecular weight is 408 g/mol. The normalized spacial score (nSPS) is 12.0. The zero-order chi connectivity index (χ0) is 19.5. The second-order valence-electron chi connectivity index (χ2n) is 5.22. The molecule has 0 aromatic heterocycles. The Hall–Kier alpha value is -2.26. The van der Waals surface area contributed by atoms with Crippen LogP contribution >= 0.6 is 11.6 Å². The number of alkyl halides is 3. The van der Waals surface area contributed by atoms with Gasteiger partial charge in [-0.2, -0.15) is 13.2 Å². The first-order chi connectivity index (χ1) is 12.0. The number of carbonyl (C=O) groups is 1. The molecule has 26 heavy (non-hydrogen) atoms. The van der Waals surface area contributed by atoms with Gasteiger partial charge in [0.15, 0.2) is 0 Å². The quantitative estimate of drug-likeness (QED) is 0.784. The minimum atomic E-state index is -4.67. The number of aliphatic carboxylic acids is 1. The maximum Gasteiger partial charge on any atom is 0.416 e. The number of sulfonamides is 1. The Morgan fingerprint density at radius 1 is 1.12 bits per heavy atom. The van der Waals surface area contributed by atoms with Crippen molar-refractivity contribution >= 4 is 33.3 Å². The third-order valence-corrected chi connectivity index (χ3v) is 5.49. The van der Waals surface area contributed by atoms with Crippen molar-refractivity contribution in [3.63, 3.8) is 0 Å². The van der Waals surface area contributed by atoms with Crippen LogP contribution in [0.1, 0.15) is 12.0 Å². The molecular formula is C16H13ClF3NO4S. The molecule has 10 heteroatoms. The Kier molecular flexibility index (Phi) is 5.82. The van der Waals surface area contributed by atoms with Crippen LogP contribution in [0.2, 0.25) is 5.02 Å². The molecule has 140 valence electrons. The lowest BCUT2D eigenvalue weighted by Gasteiger charge is -2.24. The van der Waals surface area contributed by atoms with Gasteiger partial charge in [-0.1, -0.05) is 17.7 Å². The summed E-state index contributed by atoms with van der Waals surface area (Å²) in [5.41, 5.74) is -1.32. The third-order valence-electron chi connectivity index (χ3n) is 3.39. The molecule has 0 aliphatic rings. The van der Waals surface area contributed by atoms with Crippen molar-refractivity contribution in [1.29, 1.82) is 0 Å². The number of benzene rings is 2. The number of nitrogens with zero attached hydrogens (tertiary/aromatic N) is 1. The van der Waals surface area contributed by atoms with Crippen molar-refractivity contribution < 1.29 is 31.5 Å². The second-order valence-corrected chi connectivity index (χ2v) is 7.52. The topological polar surface area (TPSA) is 74.7 Å². The van der Waals surface area contributed by atoms with Crippen molar-refractivity contribution in [3.8, 4) is 0 Å². The van der Waals surface area contributed by atoms with Crippen LogP contribution < -0.4 is 4.31 Å². The molecule has 0 amide bonds. The summed E-state index contributed by atoms with van der Waals surface area (Å²) >= 11 is 5.72. The van der Waals surface area contributed by atoms with Crippen LogP contribution in [0.15, 0.2) is 53.4 Å². The standard InChI is InChI=1S/C16H13ClF3NO4S/c17-12-4-6-14(7-5-12)26(24,25)21(9-8-15(22)23)13-3-1-2-11(10-13)16(18,19)20/h1-7,10H,8-9H2,(H,22,23). The fourth-order valence-corrected chi connectivity index (χ4v) is 3.74. The number of anilines is 1. The Labute approximate surface area is 152 Å². The number of halogens is 4. The summed E-state index contributed by atoms with van der Waals surface area (Å²) in [7, 11) is -4.28. The Morgan fingerprint density at radius 3 is 2.27 bits per heavy atom. The van der Waals surface area contributed by atoms with Crippen LogP contribution in [0.4, 0.5) is 18.9 Å². The third kappa shape index (κ3) is 4.67. The SMILES string of the molecule is O=C(O)CCN(c1cccc(C(F)(F)F)c1)S(=O)(=O)c1ccc(Cl)cc1. The van der Waals surface area contributed by atoms with Gasteiger partial charge in [-0.3, -0.25) is 9.10 Å². The van der Waals surface area contributed by atoms with Gasteiger partial charge in [0.05, 0.1) is 22.6 Å². The highest BCUT2D eigenvalue weighted by Crippen LogP contribution is 2.33. The minimum absolute atomic E-state index is 0.218. The van der Waals surface area contributed by atoms with Gasteiger partial charge in [-0.25, -0.2) is 8.42 Å². The Balaban J connectivity index is 2.53. The summed E-state index contributed by atoms with van der Waals surface area (Å²) in [5.74, 6) is -1.28. The summed E-state index contributed by atoms with van der Waals surface area (Å²) in [6.45, 7) is -0.526. The molecule has 0 aliphatic heterocycles. The van der Waals surface area contributed by atoms with E-state index >= 15 is 0 Å². The first kappa shape index (κ1) is 20.1. The molecule has 0 spiro atoms. The molecule has 0 saturated carbocycles. The molecule has 0 fully saturated rings. The maximum absolute atomic E-state index is 12.9. The molecule has 0 atom stereocenters. The van der Waals surface area contributed by atoms with Crippen LogP contribution in [0.3, 0.4) is 0 Å². The summed E-state index contributed by atoms with van der Waals surface area (Å²) < 4.78 is 65.1. The second kappa shape index (κ2) is 7.55. The average Bonchev–Trinajstić information content (AvgIpc) is 2.54. The van der Waals surface area contributed by atoms with Crippen molar-refractivity contribution in [1.82, 2.24) is 0 Å². The first-order valence-electron chi connectivity index (χ1n) is 7.19. The molecule has 2 aromatic rings. The largest absolute Gasteiger partial charge is 0.481 e. The number of rotatable bonds is 6. The van der Waals surface area contributed by atoms with E-state index in [0.717, 1.165) is 12.1 Å². The number of hydrogen-bond acceptors (Lipinski definition) is 3. The van der Waals surface area contributed by atoms with E-state index in [9.17, 15) is 26.4 Å². The van der Waals surface area contributed by atoms with Crippen molar-refractivity contribution in [2.24, 2.45) is 0 Å². The van der Waals surface area contributed by atoms with Gasteiger partial charge in [-0.05, 0) is 42.5 Å². The van der Waals surface area contributed by atoms with Crippen molar-refractivity contribution in [2.45, 2.75) is 17.5 Å². The Bertz CT molecular complexity index is 898. The van der Waals surface area contributed by atoms with E-state index in [1.165, 1.54) is 30.3 Å². The molecule has 1 N–H and O–H groups in total. The fourth-order valence-electron chi connectivity index (χ4n) is 2.16. The van der Waals surface area contributed by atoms with E-state index in [2.05, 4.69) is 0 Å². The minimum Gasteiger partial charge on any atom is -0.481 e. The van der Waals surface area contributed by atoms with Crippen molar-refractivity contribution in [3.05, 3.63) is 59.1 Å². The van der Waals surface area contributed by atoms with Crippen LogP contribution in [-0.4, -0.2) is 26.0 Å². The molecule has 0 radical (unpaired) electrons. The number of carboxylic acids is 1. The molecule has 0 saturated heterocycles. The predicted octanol–water partition coefficient (Wildman–Crippen LogP) is 4.03. The summed E-state index contributed by atoms with van der Waals surface area (Å²) in [6, 6.07) is 8.71. The van der Waals surface area contributed by atoms with Gasteiger partial charge in [0, 0.05) is 11.6 Å². The van der Waals surface area contributed by atoms with Crippen LogP contribution in [-0.2, 0) is 21.0 Å². The highest BCUT2D eigenvalue weighted by atomic mass is 35.5. The zero-order valence-electron chi connectivity index (χ0n) is 13.1. The summed E-state index contributed by atoms with van der Waals surface area (Å²) in [6.07, 6.45) is -5.25. The first-order valence-corrected chi connectivity index (χ1v) is 9.01. The number of carboxylic acid groups (broad SMARTS) is 1. The molecule has 2 rings (SSSR count). The van der Waals surface area contributed by atoms with Crippen LogP contribution in [0.25, 0.3) is 0 Å². The molecule has 0 aliphatic carbocycles. The highest BCUT2D eigenvalue weighted by molar-refractivity contribution is 7.92. The van der Waals surface area contributed by atoms with Gasteiger partial charge in [0.2, 0.25) is 0 Å².